The van der Waals surface area contributed by atoms with Gasteiger partial charge in [0.05, 0.1) is 23.1 Å². The number of nitrogens with two attached hydrogens (primary N) is 1. The quantitative estimate of drug-likeness (QED) is 0.918. The zero-order valence-corrected chi connectivity index (χ0v) is 11.5. The third kappa shape index (κ3) is 2.85. The third-order valence-electron chi connectivity index (χ3n) is 3.40. The molecule has 0 aliphatic carbocycles. The van der Waals surface area contributed by atoms with Gasteiger partial charge in [-0.15, -0.1) is 11.3 Å². The van der Waals surface area contributed by atoms with Gasteiger partial charge in [0, 0.05) is 50.0 Å². The van der Waals surface area contributed by atoms with Crippen LogP contribution in [0.3, 0.4) is 0 Å². The topological polar surface area (TPSA) is 58.3 Å². The molecule has 0 saturated carbocycles. The molecule has 1 fully saturated rings. The van der Waals surface area contributed by atoms with Crippen LogP contribution in [0, 0.1) is 0 Å². The Hall–Kier alpha value is -1.66. The van der Waals surface area contributed by atoms with Crippen LogP contribution in [0.15, 0.2) is 30.2 Å². The fourth-order valence-corrected chi connectivity index (χ4v) is 3.01. The summed E-state index contributed by atoms with van der Waals surface area (Å²) in [4.78, 5) is 14.3. The molecule has 3 rings (SSSR count). The second-order valence-corrected chi connectivity index (χ2v) is 5.64. The van der Waals surface area contributed by atoms with Gasteiger partial charge in [0.2, 0.25) is 0 Å². The summed E-state index contributed by atoms with van der Waals surface area (Å²) in [6, 6.07) is 1.99. The van der Waals surface area contributed by atoms with Crippen LogP contribution >= 0.6 is 11.3 Å². The average molecular weight is 275 g/mol. The van der Waals surface area contributed by atoms with Crippen LogP contribution in [0.1, 0.15) is 4.88 Å². The molecule has 1 aliphatic rings. The molecule has 0 spiro atoms. The van der Waals surface area contributed by atoms with Gasteiger partial charge in [-0.05, 0) is 6.07 Å². The van der Waals surface area contributed by atoms with Crippen LogP contribution in [0.4, 0.5) is 11.4 Å². The van der Waals surface area contributed by atoms with Gasteiger partial charge in [-0.1, -0.05) is 0 Å². The average Bonchev–Trinajstić information content (AvgIpc) is 2.93. The Morgan fingerprint density at radius 2 is 2.00 bits per heavy atom. The number of pyridine rings is 1. The molecule has 2 aromatic rings. The summed E-state index contributed by atoms with van der Waals surface area (Å²) in [5.41, 5.74) is 9.73. The van der Waals surface area contributed by atoms with E-state index in [9.17, 15) is 0 Å². The number of aromatic nitrogens is 2. The molecule has 0 radical (unpaired) electrons. The lowest BCUT2D eigenvalue weighted by atomic mass is 10.2. The number of thiazole rings is 1. The van der Waals surface area contributed by atoms with E-state index in [1.807, 2.05) is 17.8 Å². The lowest BCUT2D eigenvalue weighted by molar-refractivity contribution is 0.252. The highest BCUT2D eigenvalue weighted by Crippen LogP contribution is 2.23. The van der Waals surface area contributed by atoms with Crippen molar-refractivity contribution in [3.05, 3.63) is 35.0 Å². The van der Waals surface area contributed by atoms with Gasteiger partial charge in [0.1, 0.15) is 0 Å². The Kier molecular flexibility index (Phi) is 3.61. The van der Waals surface area contributed by atoms with Crippen molar-refractivity contribution in [2.45, 2.75) is 6.54 Å². The monoisotopic (exact) mass is 275 g/mol. The number of piperazine rings is 1. The molecule has 19 heavy (non-hydrogen) atoms. The van der Waals surface area contributed by atoms with Crippen LogP contribution in [0.5, 0.6) is 0 Å². The van der Waals surface area contributed by atoms with Gasteiger partial charge < -0.3 is 10.6 Å². The van der Waals surface area contributed by atoms with Crippen molar-refractivity contribution in [2.24, 2.45) is 0 Å². The minimum atomic E-state index is 0.762. The lowest BCUT2D eigenvalue weighted by Gasteiger charge is -2.36. The van der Waals surface area contributed by atoms with Gasteiger partial charge in [0.25, 0.3) is 0 Å². The molecule has 0 bridgehead atoms. The van der Waals surface area contributed by atoms with E-state index in [1.54, 1.807) is 23.7 Å². The Labute approximate surface area is 116 Å². The summed E-state index contributed by atoms with van der Waals surface area (Å²) in [5, 5.41) is 0. The molecule has 0 aromatic carbocycles. The number of anilines is 2. The normalized spacial score (nSPS) is 16.7. The molecule has 0 atom stereocenters. The van der Waals surface area contributed by atoms with Crippen LogP contribution in [0.25, 0.3) is 0 Å². The summed E-state index contributed by atoms with van der Waals surface area (Å²) < 4.78 is 0. The highest BCUT2D eigenvalue weighted by atomic mass is 32.1. The largest absolute Gasteiger partial charge is 0.396 e. The molecular weight excluding hydrogens is 258 g/mol. The third-order valence-corrected chi connectivity index (χ3v) is 4.17. The fourth-order valence-electron chi connectivity index (χ4n) is 2.37. The summed E-state index contributed by atoms with van der Waals surface area (Å²) >= 11 is 1.72. The minimum absolute atomic E-state index is 0.762. The van der Waals surface area contributed by atoms with Crippen LogP contribution < -0.4 is 10.6 Å². The Bertz CT molecular complexity index is 520. The van der Waals surface area contributed by atoms with E-state index in [1.165, 1.54) is 4.88 Å². The van der Waals surface area contributed by atoms with Crippen LogP contribution in [-0.4, -0.2) is 41.0 Å². The first-order chi connectivity index (χ1) is 9.33. The molecule has 6 heteroatoms. The van der Waals surface area contributed by atoms with E-state index in [2.05, 4.69) is 19.8 Å². The van der Waals surface area contributed by atoms with Crippen LogP contribution in [-0.2, 0) is 6.54 Å². The summed E-state index contributed by atoms with van der Waals surface area (Å²) in [6.07, 6.45) is 5.48. The first kappa shape index (κ1) is 12.4. The van der Waals surface area contributed by atoms with Crippen molar-refractivity contribution in [1.29, 1.82) is 0 Å². The van der Waals surface area contributed by atoms with Crippen molar-refractivity contribution in [1.82, 2.24) is 14.9 Å². The van der Waals surface area contributed by atoms with Crippen molar-refractivity contribution in [3.63, 3.8) is 0 Å². The Balaban J connectivity index is 1.59. The molecule has 0 amide bonds. The second-order valence-electron chi connectivity index (χ2n) is 4.67. The maximum atomic E-state index is 5.97. The highest BCUT2D eigenvalue weighted by molar-refractivity contribution is 7.09. The first-order valence-corrected chi connectivity index (χ1v) is 7.25. The Morgan fingerprint density at radius 3 is 2.68 bits per heavy atom. The zero-order valence-electron chi connectivity index (χ0n) is 10.7. The zero-order chi connectivity index (χ0) is 13.1. The van der Waals surface area contributed by atoms with Crippen molar-refractivity contribution >= 4 is 22.7 Å². The molecule has 100 valence electrons. The summed E-state index contributed by atoms with van der Waals surface area (Å²) in [6.45, 7) is 5.13. The Morgan fingerprint density at radius 1 is 1.16 bits per heavy atom. The predicted molar refractivity (Wildman–Crippen MR) is 78.3 cm³/mol. The smallest absolute Gasteiger partial charge is 0.0794 e. The molecule has 2 N–H and O–H groups in total. The summed E-state index contributed by atoms with van der Waals surface area (Å²) in [5.74, 6) is 0. The van der Waals surface area contributed by atoms with Crippen molar-refractivity contribution < 1.29 is 0 Å². The maximum absolute atomic E-state index is 5.97. The maximum Gasteiger partial charge on any atom is 0.0794 e. The SMILES string of the molecule is Nc1cnccc1N1CCN(Cc2cncs2)CC1. The van der Waals surface area contributed by atoms with Gasteiger partial charge in [-0.2, -0.15) is 0 Å². The molecule has 0 unspecified atom stereocenters. The van der Waals surface area contributed by atoms with E-state index in [4.69, 9.17) is 5.73 Å². The molecule has 2 aromatic heterocycles. The lowest BCUT2D eigenvalue weighted by Crippen LogP contribution is -2.46. The number of nitrogen functional groups attached to an aromatic ring is 1. The minimum Gasteiger partial charge on any atom is -0.396 e. The van der Waals surface area contributed by atoms with E-state index in [0.717, 1.165) is 44.1 Å². The first-order valence-electron chi connectivity index (χ1n) is 6.37. The fraction of sp³-hybridized carbons (Fsp3) is 0.385. The summed E-state index contributed by atoms with van der Waals surface area (Å²) in [7, 11) is 0. The number of hydrogen-bond acceptors (Lipinski definition) is 6. The van der Waals surface area contributed by atoms with Gasteiger partial charge in [-0.25, -0.2) is 0 Å². The molecular formula is C13H17N5S. The number of rotatable bonds is 3. The number of nitrogens with zero attached hydrogens (tertiary/aromatic N) is 4. The second kappa shape index (κ2) is 5.54. The van der Waals surface area contributed by atoms with E-state index >= 15 is 0 Å². The van der Waals surface area contributed by atoms with Crippen molar-refractivity contribution in [2.75, 3.05) is 36.8 Å². The van der Waals surface area contributed by atoms with Gasteiger partial charge in [-0.3, -0.25) is 14.9 Å². The highest BCUT2D eigenvalue weighted by Gasteiger charge is 2.18. The molecule has 5 nitrogen and oxygen atoms in total. The molecule has 1 aliphatic heterocycles. The van der Waals surface area contributed by atoms with Gasteiger partial charge in [0.15, 0.2) is 0 Å². The molecule has 1 saturated heterocycles. The van der Waals surface area contributed by atoms with Crippen molar-refractivity contribution in [3.8, 4) is 0 Å². The standard InChI is InChI=1S/C13H17N5S/c14-12-8-15-2-1-13(12)18-5-3-17(4-6-18)9-11-7-16-10-19-11/h1-2,7-8,10H,3-6,9,14H2. The van der Waals surface area contributed by atoms with E-state index in [-0.39, 0.29) is 0 Å². The number of hydrogen-bond donors (Lipinski definition) is 1. The van der Waals surface area contributed by atoms with E-state index in [0.29, 0.717) is 0 Å². The van der Waals surface area contributed by atoms with Crippen LogP contribution in [0.2, 0.25) is 0 Å². The van der Waals surface area contributed by atoms with Gasteiger partial charge >= 0.3 is 0 Å². The predicted octanol–water partition coefficient (Wildman–Crippen LogP) is 1.44. The van der Waals surface area contributed by atoms with E-state index < -0.39 is 0 Å². The molecule has 3 heterocycles.